The molecule has 1 aliphatic rings. The van der Waals surface area contributed by atoms with Gasteiger partial charge in [0, 0.05) is 37.2 Å². The van der Waals surface area contributed by atoms with Crippen LogP contribution in [0.4, 0.5) is 20.4 Å². The quantitative estimate of drug-likeness (QED) is 0.916. The van der Waals surface area contributed by atoms with E-state index in [0.29, 0.717) is 5.25 Å². The van der Waals surface area contributed by atoms with Crippen molar-refractivity contribution in [3.63, 3.8) is 0 Å². The number of aromatic nitrogens is 1. The van der Waals surface area contributed by atoms with E-state index in [1.807, 2.05) is 16.7 Å². The fourth-order valence-electron chi connectivity index (χ4n) is 2.01. The van der Waals surface area contributed by atoms with Crippen LogP contribution < -0.4 is 10.2 Å². The third-order valence-electron chi connectivity index (χ3n) is 3.04. The summed E-state index contributed by atoms with van der Waals surface area (Å²) < 4.78 is 27.2. The molecule has 0 radical (unpaired) electrons. The summed E-state index contributed by atoms with van der Waals surface area (Å²) in [5.74, 6) is 0.0499. The second kappa shape index (κ2) is 5.73. The van der Waals surface area contributed by atoms with Crippen molar-refractivity contribution in [2.75, 3.05) is 36.1 Å². The fraction of sp³-hybridized carbons (Fsp3) is 0.583. The highest BCUT2D eigenvalue weighted by Crippen LogP contribution is 2.28. The smallest absolute Gasteiger partial charge is 0.168 e. The molecule has 0 aromatic carbocycles. The lowest BCUT2D eigenvalue weighted by Crippen LogP contribution is -2.38. The lowest BCUT2D eigenvalue weighted by molar-refractivity contribution is 0.568. The van der Waals surface area contributed by atoms with Gasteiger partial charge in [-0.05, 0) is 6.42 Å². The highest BCUT2D eigenvalue weighted by atomic mass is 32.2. The maximum absolute atomic E-state index is 13.8. The van der Waals surface area contributed by atoms with Crippen LogP contribution in [0.1, 0.15) is 13.3 Å². The highest BCUT2D eigenvalue weighted by molar-refractivity contribution is 8.00. The number of halogens is 2. The minimum atomic E-state index is -0.655. The van der Waals surface area contributed by atoms with Crippen molar-refractivity contribution < 1.29 is 8.78 Å². The maximum atomic E-state index is 13.8. The number of rotatable bonds is 3. The van der Waals surface area contributed by atoms with Crippen molar-refractivity contribution in [3.8, 4) is 0 Å². The Kier molecular flexibility index (Phi) is 4.27. The van der Waals surface area contributed by atoms with Gasteiger partial charge in [-0.1, -0.05) is 6.92 Å². The van der Waals surface area contributed by atoms with Gasteiger partial charge in [0.2, 0.25) is 0 Å². The van der Waals surface area contributed by atoms with Crippen LogP contribution in [0.15, 0.2) is 6.07 Å². The molecular formula is C12H17F2N3S. The van der Waals surface area contributed by atoms with E-state index in [2.05, 4.69) is 17.2 Å². The van der Waals surface area contributed by atoms with E-state index in [4.69, 9.17) is 0 Å². The van der Waals surface area contributed by atoms with Gasteiger partial charge in [0.05, 0.1) is 0 Å². The Morgan fingerprint density at radius 3 is 2.94 bits per heavy atom. The Morgan fingerprint density at radius 1 is 1.50 bits per heavy atom. The average molecular weight is 273 g/mol. The molecular weight excluding hydrogens is 256 g/mol. The van der Waals surface area contributed by atoms with Gasteiger partial charge < -0.3 is 10.2 Å². The Balaban J connectivity index is 2.26. The van der Waals surface area contributed by atoms with Crippen molar-refractivity contribution in [3.05, 3.63) is 17.7 Å². The third kappa shape index (κ3) is 2.68. The van der Waals surface area contributed by atoms with Crippen LogP contribution in [-0.2, 0) is 0 Å². The lowest BCUT2D eigenvalue weighted by Gasteiger charge is -2.33. The Hall–Kier alpha value is -1.04. The second-order valence-corrected chi connectivity index (χ2v) is 5.63. The van der Waals surface area contributed by atoms with Gasteiger partial charge in [0.25, 0.3) is 0 Å². The summed E-state index contributed by atoms with van der Waals surface area (Å²) in [6.07, 6.45) is 1.04. The Morgan fingerprint density at radius 2 is 2.28 bits per heavy atom. The van der Waals surface area contributed by atoms with Crippen LogP contribution in [-0.4, -0.2) is 36.1 Å². The molecule has 0 spiro atoms. The van der Waals surface area contributed by atoms with Crippen LogP contribution in [0.2, 0.25) is 0 Å². The topological polar surface area (TPSA) is 28.2 Å². The molecule has 1 aromatic rings. The summed E-state index contributed by atoms with van der Waals surface area (Å²) in [4.78, 5) is 5.94. The van der Waals surface area contributed by atoms with Gasteiger partial charge in [-0.2, -0.15) is 11.8 Å². The van der Waals surface area contributed by atoms with E-state index >= 15 is 0 Å². The predicted octanol–water partition coefficient (Wildman–Crippen LogP) is 2.73. The maximum Gasteiger partial charge on any atom is 0.168 e. The van der Waals surface area contributed by atoms with Crippen LogP contribution >= 0.6 is 11.8 Å². The SMILES string of the molecule is CCC1CN(c2nc(NC)c(F)cc2F)CCS1. The number of nitrogens with one attached hydrogen (secondary N) is 1. The van der Waals surface area contributed by atoms with Gasteiger partial charge in [-0.3, -0.25) is 0 Å². The van der Waals surface area contributed by atoms with Crippen LogP contribution in [0.25, 0.3) is 0 Å². The molecule has 6 heteroatoms. The molecule has 0 bridgehead atoms. The molecule has 0 amide bonds. The van der Waals surface area contributed by atoms with Crippen LogP contribution in [0, 0.1) is 11.6 Å². The third-order valence-corrected chi connectivity index (χ3v) is 4.41. The molecule has 1 atom stereocenters. The summed E-state index contributed by atoms with van der Waals surface area (Å²) in [5.41, 5.74) is 0. The molecule has 2 rings (SSSR count). The fourth-order valence-corrected chi connectivity index (χ4v) is 3.19. The van der Waals surface area contributed by atoms with Crippen molar-refractivity contribution in [1.82, 2.24) is 4.98 Å². The van der Waals surface area contributed by atoms with Gasteiger partial charge in [0.1, 0.15) is 0 Å². The van der Waals surface area contributed by atoms with E-state index in [1.54, 1.807) is 7.05 Å². The molecule has 1 saturated heterocycles. The first kappa shape index (κ1) is 13.4. The molecule has 2 heterocycles. The van der Waals surface area contributed by atoms with Crippen molar-refractivity contribution in [1.29, 1.82) is 0 Å². The molecule has 1 aromatic heterocycles. The highest BCUT2D eigenvalue weighted by Gasteiger charge is 2.23. The summed E-state index contributed by atoms with van der Waals surface area (Å²) >= 11 is 1.90. The molecule has 1 fully saturated rings. The second-order valence-electron chi connectivity index (χ2n) is 4.22. The first-order chi connectivity index (χ1) is 8.65. The molecule has 18 heavy (non-hydrogen) atoms. The molecule has 0 aliphatic carbocycles. The van der Waals surface area contributed by atoms with Gasteiger partial charge in [0.15, 0.2) is 23.3 Å². The molecule has 1 unspecified atom stereocenters. The van der Waals surface area contributed by atoms with Gasteiger partial charge in [-0.15, -0.1) is 0 Å². The largest absolute Gasteiger partial charge is 0.371 e. The van der Waals surface area contributed by atoms with E-state index in [1.165, 1.54) is 0 Å². The monoisotopic (exact) mass is 273 g/mol. The normalized spacial score (nSPS) is 20.0. The molecule has 1 N–H and O–H groups in total. The standard InChI is InChI=1S/C12H17F2N3S/c1-3-8-7-17(4-5-18-8)12-10(14)6-9(13)11(15-2)16-12/h6,8H,3-5,7H2,1-2H3,(H,15,16). The van der Waals surface area contributed by atoms with E-state index in [-0.39, 0.29) is 11.6 Å². The first-order valence-electron chi connectivity index (χ1n) is 6.06. The van der Waals surface area contributed by atoms with Crippen molar-refractivity contribution in [2.45, 2.75) is 18.6 Å². The Bertz CT molecular complexity index is 428. The minimum Gasteiger partial charge on any atom is -0.371 e. The van der Waals surface area contributed by atoms with Crippen molar-refractivity contribution >= 4 is 23.4 Å². The molecule has 0 saturated carbocycles. The number of nitrogens with zero attached hydrogens (tertiary/aromatic N) is 2. The number of hydrogen-bond acceptors (Lipinski definition) is 4. The number of pyridine rings is 1. The number of anilines is 2. The number of hydrogen-bond donors (Lipinski definition) is 1. The number of thioether (sulfide) groups is 1. The molecule has 1 aliphatic heterocycles. The van der Waals surface area contributed by atoms with Gasteiger partial charge >= 0.3 is 0 Å². The predicted molar refractivity (Wildman–Crippen MR) is 72.4 cm³/mol. The zero-order valence-corrected chi connectivity index (χ0v) is 11.4. The summed E-state index contributed by atoms with van der Waals surface area (Å²) in [6, 6.07) is 0.900. The molecule has 100 valence electrons. The first-order valence-corrected chi connectivity index (χ1v) is 7.11. The molecule has 3 nitrogen and oxygen atoms in total. The van der Waals surface area contributed by atoms with Gasteiger partial charge in [-0.25, -0.2) is 13.8 Å². The van der Waals surface area contributed by atoms with E-state index in [0.717, 1.165) is 31.3 Å². The van der Waals surface area contributed by atoms with Crippen LogP contribution in [0.3, 0.4) is 0 Å². The zero-order chi connectivity index (χ0) is 13.1. The van der Waals surface area contributed by atoms with Crippen LogP contribution in [0.5, 0.6) is 0 Å². The van der Waals surface area contributed by atoms with Crippen molar-refractivity contribution in [2.24, 2.45) is 0 Å². The zero-order valence-electron chi connectivity index (χ0n) is 10.5. The lowest BCUT2D eigenvalue weighted by atomic mass is 10.3. The Labute approximate surface area is 110 Å². The summed E-state index contributed by atoms with van der Waals surface area (Å²) in [7, 11) is 1.58. The van der Waals surface area contributed by atoms with E-state index in [9.17, 15) is 8.78 Å². The summed E-state index contributed by atoms with van der Waals surface area (Å²) in [5, 5.41) is 3.13. The summed E-state index contributed by atoms with van der Waals surface area (Å²) in [6.45, 7) is 3.63. The van der Waals surface area contributed by atoms with E-state index < -0.39 is 11.6 Å². The minimum absolute atomic E-state index is 0.0951. The average Bonchev–Trinajstić information content (AvgIpc) is 2.39.